The fourth-order valence-electron chi connectivity index (χ4n) is 4.91. The molecule has 1 aromatic carbocycles. The lowest BCUT2D eigenvalue weighted by molar-refractivity contribution is -0.125. The number of anilines is 1. The van der Waals surface area contributed by atoms with Gasteiger partial charge < -0.3 is 19.0 Å². The van der Waals surface area contributed by atoms with E-state index in [0.717, 1.165) is 38.5 Å². The van der Waals surface area contributed by atoms with Crippen molar-refractivity contribution in [1.82, 2.24) is 9.88 Å². The van der Waals surface area contributed by atoms with Crippen molar-refractivity contribution >= 4 is 51.8 Å². The van der Waals surface area contributed by atoms with Gasteiger partial charge in [-0.2, -0.15) is 0 Å². The maximum atomic E-state index is 13.8. The molecule has 1 saturated carbocycles. The number of alkyl halides is 1. The van der Waals surface area contributed by atoms with Crippen molar-refractivity contribution < 1.29 is 18.7 Å². The minimum atomic E-state index is -1.72. The number of furan rings is 1. The predicted molar refractivity (Wildman–Crippen MR) is 127 cm³/mol. The van der Waals surface area contributed by atoms with Gasteiger partial charge in [-0.05, 0) is 31.0 Å². The first-order chi connectivity index (χ1) is 15.9. The zero-order valence-electron chi connectivity index (χ0n) is 18.3. The molecule has 7 nitrogen and oxygen atoms in total. The fraction of sp³-hybridized carbons (Fsp3) is 0.417. The molecule has 33 heavy (non-hydrogen) atoms. The lowest BCUT2D eigenvalue weighted by Gasteiger charge is -2.42. The molecule has 2 aromatic heterocycles. The third-order valence-corrected chi connectivity index (χ3v) is 7.28. The minimum Gasteiger partial charge on any atom is -0.495 e. The van der Waals surface area contributed by atoms with E-state index >= 15 is 0 Å². The van der Waals surface area contributed by atoms with Crippen LogP contribution in [0.4, 0.5) is 5.69 Å². The fourth-order valence-corrected chi connectivity index (χ4v) is 5.42. The smallest absolute Gasteiger partial charge is 0.277 e. The van der Waals surface area contributed by atoms with E-state index in [9.17, 15) is 9.59 Å². The molecule has 5 rings (SSSR count). The number of hydrogen-bond acceptors (Lipinski definition) is 4. The highest BCUT2D eigenvalue weighted by Gasteiger charge is 2.52. The second-order valence-electron chi connectivity index (χ2n) is 8.66. The Balaban J connectivity index is 1.62. The summed E-state index contributed by atoms with van der Waals surface area (Å²) in [6.07, 6.45) is 7.78. The number of nitrogens with zero attached hydrogens (tertiary/aromatic N) is 2. The summed E-state index contributed by atoms with van der Waals surface area (Å²) in [6.45, 7) is 0.0485. The molecule has 0 saturated heterocycles. The topological polar surface area (TPSA) is 76.7 Å². The quantitative estimate of drug-likeness (QED) is 0.305. The number of amides is 2. The van der Waals surface area contributed by atoms with Gasteiger partial charge in [-0.1, -0.05) is 48.9 Å². The Hall–Kier alpha value is -2.64. The molecule has 1 unspecified atom stereocenters. The van der Waals surface area contributed by atoms with Crippen LogP contribution in [-0.2, 0) is 11.3 Å². The van der Waals surface area contributed by atoms with Crippen molar-refractivity contribution in [2.75, 3.05) is 12.0 Å². The number of hydrogen-bond donors (Lipinski definition) is 1. The molecule has 0 radical (unpaired) electrons. The van der Waals surface area contributed by atoms with E-state index in [0.29, 0.717) is 33.3 Å². The second-order valence-corrected chi connectivity index (χ2v) is 9.73. The number of nitrogens with one attached hydrogen (secondary N) is 1. The van der Waals surface area contributed by atoms with Crippen LogP contribution >= 0.6 is 23.2 Å². The van der Waals surface area contributed by atoms with E-state index in [-0.39, 0.29) is 12.6 Å². The molecule has 174 valence electrons. The molecule has 2 aliphatic rings. The minimum absolute atomic E-state index is 0.0221. The molecule has 0 spiro atoms. The average Bonchev–Trinajstić information content (AvgIpc) is 3.28. The number of fused-ring (bicyclic) bond motifs is 3. The highest BCUT2D eigenvalue weighted by atomic mass is 35.5. The van der Waals surface area contributed by atoms with E-state index < -0.39 is 16.8 Å². The van der Waals surface area contributed by atoms with E-state index in [1.54, 1.807) is 41.2 Å². The number of benzene rings is 1. The van der Waals surface area contributed by atoms with Gasteiger partial charge in [0.1, 0.15) is 11.4 Å². The van der Waals surface area contributed by atoms with Gasteiger partial charge in [0.2, 0.25) is 5.00 Å². The molecular formula is C24H25Cl2N3O4. The molecule has 1 fully saturated rings. The molecule has 3 aromatic rings. The summed E-state index contributed by atoms with van der Waals surface area (Å²) in [5, 5.41) is 3.53. The molecule has 1 N–H and O–H groups in total. The number of methoxy groups -OCH3 is 1. The van der Waals surface area contributed by atoms with E-state index in [2.05, 4.69) is 5.32 Å². The van der Waals surface area contributed by atoms with Gasteiger partial charge in [0.15, 0.2) is 5.58 Å². The largest absolute Gasteiger partial charge is 0.495 e. The summed E-state index contributed by atoms with van der Waals surface area (Å²) >= 11 is 13.4. The van der Waals surface area contributed by atoms with Crippen molar-refractivity contribution in [2.24, 2.45) is 0 Å². The number of ether oxygens (including phenoxy) is 1. The average molecular weight is 490 g/mol. The third-order valence-electron chi connectivity index (χ3n) is 6.59. The van der Waals surface area contributed by atoms with Crippen molar-refractivity contribution in [3.05, 3.63) is 47.3 Å². The van der Waals surface area contributed by atoms with Crippen molar-refractivity contribution in [3.63, 3.8) is 0 Å². The normalized spacial score (nSPS) is 21.7. The Labute approximate surface area is 201 Å². The van der Waals surface area contributed by atoms with Crippen LogP contribution in [0.15, 0.2) is 41.0 Å². The predicted octanol–water partition coefficient (Wildman–Crippen LogP) is 5.33. The lowest BCUT2D eigenvalue weighted by atomic mass is 10.0. The maximum absolute atomic E-state index is 13.8. The van der Waals surface area contributed by atoms with Gasteiger partial charge in [0.25, 0.3) is 11.8 Å². The van der Waals surface area contributed by atoms with Crippen molar-refractivity contribution in [1.29, 1.82) is 0 Å². The Kier molecular flexibility index (Phi) is 5.79. The number of carbonyl (C=O) groups excluding carboxylic acids is 2. The van der Waals surface area contributed by atoms with E-state index in [1.807, 2.05) is 0 Å². The third kappa shape index (κ3) is 3.77. The summed E-state index contributed by atoms with van der Waals surface area (Å²) in [7, 11) is 1.50. The SMILES string of the molecule is COc1ccc(Cl)cc1N1C(=O)c2cc3occc3n2CC1(Cl)C(=O)NC1CCCCCC1. The van der Waals surface area contributed by atoms with Gasteiger partial charge in [-0.25, -0.2) is 0 Å². The van der Waals surface area contributed by atoms with Gasteiger partial charge >= 0.3 is 0 Å². The van der Waals surface area contributed by atoms with Crippen molar-refractivity contribution in [3.8, 4) is 5.75 Å². The summed E-state index contributed by atoms with van der Waals surface area (Å²) in [5.41, 5.74) is 1.99. The van der Waals surface area contributed by atoms with Crippen LogP contribution in [0.5, 0.6) is 5.75 Å². The summed E-state index contributed by atoms with van der Waals surface area (Å²) < 4.78 is 12.8. The first-order valence-electron chi connectivity index (χ1n) is 11.2. The second kappa shape index (κ2) is 8.61. The molecule has 9 heteroatoms. The molecular weight excluding hydrogens is 465 g/mol. The molecule has 1 atom stereocenters. The van der Waals surface area contributed by atoms with Crippen LogP contribution in [0.1, 0.15) is 49.0 Å². The van der Waals surface area contributed by atoms with E-state index in [4.69, 9.17) is 32.4 Å². The van der Waals surface area contributed by atoms with Gasteiger partial charge in [-0.15, -0.1) is 0 Å². The Morgan fingerprint density at radius 1 is 1.18 bits per heavy atom. The van der Waals surface area contributed by atoms with Gasteiger partial charge in [0.05, 0.1) is 31.1 Å². The van der Waals surface area contributed by atoms with Crippen LogP contribution in [-0.4, -0.2) is 34.5 Å². The maximum Gasteiger partial charge on any atom is 0.277 e. The summed E-state index contributed by atoms with van der Waals surface area (Å²) in [5.74, 6) is -0.453. The van der Waals surface area contributed by atoms with Crippen LogP contribution in [0.3, 0.4) is 0 Å². The molecule has 1 aliphatic heterocycles. The van der Waals surface area contributed by atoms with Crippen LogP contribution in [0.25, 0.3) is 11.1 Å². The van der Waals surface area contributed by atoms with Crippen molar-refractivity contribution in [2.45, 2.75) is 56.1 Å². The summed E-state index contributed by atoms with van der Waals surface area (Å²) in [6, 6.07) is 8.37. The monoisotopic (exact) mass is 489 g/mol. The Morgan fingerprint density at radius 3 is 2.67 bits per heavy atom. The number of halogens is 2. The van der Waals surface area contributed by atoms with Crippen LogP contribution in [0.2, 0.25) is 5.02 Å². The van der Waals surface area contributed by atoms with Crippen LogP contribution < -0.4 is 15.0 Å². The zero-order chi connectivity index (χ0) is 23.2. The number of rotatable bonds is 4. The zero-order valence-corrected chi connectivity index (χ0v) is 19.8. The molecule has 2 amide bonds. The first kappa shape index (κ1) is 22.2. The highest BCUT2D eigenvalue weighted by molar-refractivity contribution is 6.40. The standard InChI is InChI=1S/C24H25Cl2N3O4/c1-32-20-9-8-15(25)12-18(20)29-22(30)19-13-21-17(10-11-33-21)28(19)14-24(29,26)23(31)27-16-6-4-2-3-5-7-16/h8-13,16H,2-7,14H2,1H3,(H,27,31). The highest BCUT2D eigenvalue weighted by Crippen LogP contribution is 2.43. The molecule has 3 heterocycles. The molecule has 1 aliphatic carbocycles. The van der Waals surface area contributed by atoms with Crippen LogP contribution in [0, 0.1) is 0 Å². The summed E-state index contributed by atoms with van der Waals surface area (Å²) in [4.78, 5) is 27.2. The van der Waals surface area contributed by atoms with E-state index in [1.165, 1.54) is 12.0 Å². The Morgan fingerprint density at radius 2 is 1.94 bits per heavy atom. The van der Waals surface area contributed by atoms with Gasteiger partial charge in [-0.3, -0.25) is 14.5 Å². The number of carbonyl (C=O) groups is 2. The Bertz CT molecular complexity index is 1210. The lowest BCUT2D eigenvalue weighted by Crippen LogP contribution is -2.64. The first-order valence-corrected chi connectivity index (χ1v) is 11.9. The van der Waals surface area contributed by atoms with Gasteiger partial charge in [0, 0.05) is 23.2 Å². The molecule has 0 bridgehead atoms. The number of aromatic nitrogens is 1.